The van der Waals surface area contributed by atoms with Gasteiger partial charge in [0.15, 0.2) is 0 Å². The van der Waals surface area contributed by atoms with Crippen LogP contribution in [0, 0.1) is 3.57 Å². The first-order valence-electron chi connectivity index (χ1n) is 6.07. The third-order valence-corrected chi connectivity index (χ3v) is 3.57. The molecule has 0 unspecified atom stereocenters. The maximum absolute atomic E-state index is 11.9. The molecule has 116 valence electrons. The van der Waals surface area contributed by atoms with E-state index in [1.807, 2.05) is 0 Å². The van der Waals surface area contributed by atoms with Gasteiger partial charge in [0.05, 0.1) is 6.61 Å². The molecular formula is C13H16INO6. The van der Waals surface area contributed by atoms with Crippen LogP contribution in [0.15, 0.2) is 24.3 Å². The van der Waals surface area contributed by atoms with E-state index in [4.69, 9.17) is 5.11 Å². The summed E-state index contributed by atoms with van der Waals surface area (Å²) in [6.07, 6.45) is -4.86. The zero-order chi connectivity index (χ0) is 16.0. The number of carbonyl (C=O) groups is 2. The molecule has 0 spiro atoms. The van der Waals surface area contributed by atoms with Crippen LogP contribution in [0.1, 0.15) is 10.4 Å². The van der Waals surface area contributed by atoms with Crippen molar-refractivity contribution in [3.05, 3.63) is 33.4 Å². The molecule has 1 rings (SSSR count). The zero-order valence-electron chi connectivity index (χ0n) is 10.9. The number of hydrogen-bond donors (Lipinski definition) is 5. The minimum atomic E-state index is -1.76. The lowest BCUT2D eigenvalue weighted by Gasteiger charge is -2.26. The Balaban J connectivity index is 2.75. The highest BCUT2D eigenvalue weighted by atomic mass is 127. The standard InChI is InChI=1S/C13H16INO6/c14-8-3-1-7(2-4-8)13(21)15-9(5-16)11(19)12(20)10(18)6-17/h1-5,9-12,17-20H,6H2,(H,15,21)/t9-,10+,11+,12+/m0/s1. The molecule has 7 nitrogen and oxygen atoms in total. The Morgan fingerprint density at radius 2 is 1.76 bits per heavy atom. The number of carbonyl (C=O) groups excluding carboxylic acids is 2. The molecular weight excluding hydrogens is 393 g/mol. The summed E-state index contributed by atoms with van der Waals surface area (Å²) in [6.45, 7) is -0.783. The summed E-state index contributed by atoms with van der Waals surface area (Å²) in [7, 11) is 0. The van der Waals surface area contributed by atoms with Crippen molar-refractivity contribution in [2.75, 3.05) is 6.61 Å². The largest absolute Gasteiger partial charge is 0.394 e. The molecule has 0 aliphatic heterocycles. The quantitative estimate of drug-likeness (QED) is 0.281. The van der Waals surface area contributed by atoms with E-state index in [9.17, 15) is 24.9 Å². The normalized spacial score (nSPS) is 16.6. The van der Waals surface area contributed by atoms with Crippen LogP contribution in [-0.2, 0) is 4.79 Å². The van der Waals surface area contributed by atoms with E-state index in [-0.39, 0.29) is 11.8 Å². The van der Waals surface area contributed by atoms with Gasteiger partial charge >= 0.3 is 0 Å². The topological polar surface area (TPSA) is 127 Å². The third-order valence-electron chi connectivity index (χ3n) is 2.85. The third kappa shape index (κ3) is 5.00. The predicted molar refractivity (Wildman–Crippen MR) is 81.6 cm³/mol. The fraction of sp³-hybridized carbons (Fsp3) is 0.385. The van der Waals surface area contributed by atoms with Gasteiger partial charge in [-0.1, -0.05) is 0 Å². The summed E-state index contributed by atoms with van der Waals surface area (Å²) in [5.74, 6) is -0.603. The summed E-state index contributed by atoms with van der Waals surface area (Å²) < 4.78 is 0.928. The molecule has 0 fully saturated rings. The van der Waals surface area contributed by atoms with Crippen LogP contribution < -0.4 is 5.32 Å². The van der Waals surface area contributed by atoms with Crippen molar-refractivity contribution >= 4 is 34.8 Å². The Morgan fingerprint density at radius 1 is 1.19 bits per heavy atom. The van der Waals surface area contributed by atoms with Gasteiger partial charge in [-0.2, -0.15) is 0 Å². The average molecular weight is 409 g/mol. The number of hydrogen-bond acceptors (Lipinski definition) is 6. The molecule has 0 saturated heterocycles. The van der Waals surface area contributed by atoms with Crippen molar-refractivity contribution in [3.63, 3.8) is 0 Å². The van der Waals surface area contributed by atoms with E-state index in [0.717, 1.165) is 3.57 Å². The lowest BCUT2D eigenvalue weighted by atomic mass is 10.0. The Kier molecular flexibility index (Phi) is 7.18. The minimum absolute atomic E-state index is 0.253. The second-order valence-corrected chi connectivity index (χ2v) is 5.62. The smallest absolute Gasteiger partial charge is 0.251 e. The first kappa shape index (κ1) is 18.0. The highest BCUT2D eigenvalue weighted by molar-refractivity contribution is 14.1. The van der Waals surface area contributed by atoms with Crippen molar-refractivity contribution in [2.24, 2.45) is 0 Å². The molecule has 0 saturated carbocycles. The van der Waals surface area contributed by atoms with E-state index in [2.05, 4.69) is 27.9 Å². The summed E-state index contributed by atoms with van der Waals surface area (Å²) in [6, 6.07) is 5.08. The first-order valence-corrected chi connectivity index (χ1v) is 7.15. The molecule has 4 atom stereocenters. The van der Waals surface area contributed by atoms with Crippen molar-refractivity contribution < 1.29 is 30.0 Å². The predicted octanol–water partition coefficient (Wildman–Crippen LogP) is -1.34. The van der Waals surface area contributed by atoms with E-state index < -0.39 is 36.9 Å². The van der Waals surface area contributed by atoms with E-state index >= 15 is 0 Å². The number of amides is 1. The van der Waals surface area contributed by atoms with Crippen molar-refractivity contribution in [3.8, 4) is 0 Å². The van der Waals surface area contributed by atoms with Crippen LogP contribution >= 0.6 is 22.6 Å². The molecule has 5 N–H and O–H groups in total. The Labute approximate surface area is 134 Å². The molecule has 8 heteroatoms. The lowest BCUT2D eigenvalue weighted by molar-refractivity contribution is -0.119. The number of aliphatic hydroxyl groups excluding tert-OH is 4. The van der Waals surface area contributed by atoms with Crippen molar-refractivity contribution in [2.45, 2.75) is 24.4 Å². The highest BCUT2D eigenvalue weighted by Gasteiger charge is 2.32. The molecule has 0 aliphatic carbocycles. The SMILES string of the molecule is O=C[C@H](NC(=O)c1ccc(I)cc1)[C@@H](O)[C@H](O)[C@H](O)CO. The summed E-state index contributed by atoms with van der Waals surface area (Å²) >= 11 is 2.07. The summed E-state index contributed by atoms with van der Waals surface area (Å²) in [5, 5.41) is 39.5. The number of rotatable bonds is 7. The average Bonchev–Trinajstić information content (AvgIpc) is 2.50. The molecule has 0 radical (unpaired) electrons. The van der Waals surface area contributed by atoms with Gasteiger partial charge in [0.25, 0.3) is 5.91 Å². The molecule has 0 aliphatic rings. The van der Waals surface area contributed by atoms with Gasteiger partial charge in [-0.25, -0.2) is 0 Å². The highest BCUT2D eigenvalue weighted by Crippen LogP contribution is 2.08. The van der Waals surface area contributed by atoms with Crippen LogP contribution in [0.2, 0.25) is 0 Å². The molecule has 0 bridgehead atoms. The van der Waals surface area contributed by atoms with Crippen LogP contribution in [-0.4, -0.2) is 63.6 Å². The molecule has 1 aromatic carbocycles. The molecule has 21 heavy (non-hydrogen) atoms. The van der Waals surface area contributed by atoms with Crippen LogP contribution in [0.25, 0.3) is 0 Å². The molecule has 0 aromatic heterocycles. The second-order valence-electron chi connectivity index (χ2n) is 4.37. The number of nitrogens with one attached hydrogen (secondary N) is 1. The zero-order valence-corrected chi connectivity index (χ0v) is 13.0. The molecule has 1 amide bonds. The van der Waals surface area contributed by atoms with Crippen molar-refractivity contribution in [1.29, 1.82) is 0 Å². The van der Waals surface area contributed by atoms with Crippen LogP contribution in [0.5, 0.6) is 0 Å². The van der Waals surface area contributed by atoms with Gasteiger partial charge in [-0.15, -0.1) is 0 Å². The van der Waals surface area contributed by atoms with Crippen LogP contribution in [0.3, 0.4) is 0 Å². The Morgan fingerprint density at radius 3 is 2.24 bits per heavy atom. The number of halogens is 1. The lowest BCUT2D eigenvalue weighted by Crippen LogP contribution is -2.53. The first-order chi connectivity index (χ1) is 9.90. The summed E-state index contributed by atoms with van der Waals surface area (Å²) in [5.41, 5.74) is 0.284. The van der Waals surface area contributed by atoms with E-state index in [1.54, 1.807) is 24.3 Å². The number of aldehydes is 1. The van der Waals surface area contributed by atoms with Gasteiger partial charge in [0, 0.05) is 9.13 Å². The summed E-state index contributed by atoms with van der Waals surface area (Å²) in [4.78, 5) is 22.9. The van der Waals surface area contributed by atoms with Gasteiger partial charge in [0.1, 0.15) is 30.6 Å². The minimum Gasteiger partial charge on any atom is -0.394 e. The molecule has 1 aromatic rings. The van der Waals surface area contributed by atoms with Crippen molar-refractivity contribution in [1.82, 2.24) is 5.32 Å². The van der Waals surface area contributed by atoms with Gasteiger partial charge in [-0.3, -0.25) is 4.79 Å². The Hall–Kier alpha value is -1.07. The monoisotopic (exact) mass is 409 g/mol. The second kappa shape index (κ2) is 8.39. The number of benzene rings is 1. The van der Waals surface area contributed by atoms with Gasteiger partial charge in [0.2, 0.25) is 0 Å². The van der Waals surface area contributed by atoms with Gasteiger partial charge in [-0.05, 0) is 46.9 Å². The Bertz CT molecular complexity index is 480. The van der Waals surface area contributed by atoms with Crippen LogP contribution in [0.4, 0.5) is 0 Å². The maximum atomic E-state index is 11.9. The van der Waals surface area contributed by atoms with E-state index in [1.165, 1.54) is 0 Å². The number of aliphatic hydroxyl groups is 4. The van der Waals surface area contributed by atoms with Gasteiger partial charge < -0.3 is 30.5 Å². The maximum Gasteiger partial charge on any atom is 0.251 e. The fourth-order valence-electron chi connectivity index (χ4n) is 1.58. The molecule has 0 heterocycles. The fourth-order valence-corrected chi connectivity index (χ4v) is 1.94. The van der Waals surface area contributed by atoms with E-state index in [0.29, 0.717) is 0 Å².